The molecule has 0 spiro atoms. The van der Waals surface area contributed by atoms with E-state index in [4.69, 9.17) is 113 Å². The molecule has 2 radical (unpaired) electrons. The molecule has 8 heterocycles. The molecule has 0 aliphatic carbocycles. The fraction of sp³-hybridized carbons (Fsp3) is 0.318. The first-order chi connectivity index (χ1) is 62.5. The van der Waals surface area contributed by atoms with Crippen LogP contribution >= 0.6 is 0 Å². The molecule has 730 valence electrons. The number of aromatic nitrogens is 4. The average Bonchev–Trinajstić information content (AvgIpc) is 0.819. The summed E-state index contributed by atoms with van der Waals surface area (Å²) in [4.78, 5) is 75.0. The number of nitrogens with zero attached hydrogens (tertiary/aromatic N) is 12. The number of nitrogens with one attached hydrogen (secondary N) is 4. The first-order valence-corrected chi connectivity index (χ1v) is 44.8. The molecule has 12 aromatic rings. The van der Waals surface area contributed by atoms with Gasteiger partial charge in [0.2, 0.25) is 0 Å². The summed E-state index contributed by atoms with van der Waals surface area (Å²) in [6.45, 7) is 34.2. The molecule has 0 aliphatic heterocycles. The molecule has 8 aromatic heterocycles. The second-order valence-electron chi connectivity index (χ2n) is 25.9. The van der Waals surface area contributed by atoms with Crippen LogP contribution in [0.1, 0.15) is 128 Å². The molecular weight excluding hydrogens is 1930 g/mol. The molecular formula is C88H104Cl4Cu2N16O24. The van der Waals surface area contributed by atoms with Gasteiger partial charge in [0.1, 0.15) is 22.3 Å². The molecule has 0 aliphatic rings. The van der Waals surface area contributed by atoms with Crippen LogP contribution in [-0.4, -0.2) is 72.3 Å². The smallest absolute Gasteiger partial charge is 0.422 e. The maximum absolute atomic E-state index is 12.3. The standard InChI is InChI=1S/4C20H23N3O2.4C2H3N.4ClHO4.2Cu/c4*1-3-23(4-2)18-9-8-15-11-16(20(24)25-19(15)12-18)13-21-14-17-7-5-6-10-22-17;4*1-2-3;4*2-1(3,4)5;;/h4*5-12,21H,3-4,13-14H2,1-2H3;4*1H3;4*(H,2,3,4,5);;/q;;;;;;;;;;;;2*+2/p-4. The Morgan fingerprint density at radius 1 is 0.276 bits per heavy atom. The first kappa shape index (κ1) is 125. The van der Waals surface area contributed by atoms with Gasteiger partial charge in [0, 0.05) is 226 Å². The largest absolute Gasteiger partial charge is 2.00 e. The van der Waals surface area contributed by atoms with Crippen LogP contribution in [0.3, 0.4) is 0 Å². The Balaban J connectivity index is 0. The van der Waals surface area contributed by atoms with Gasteiger partial charge in [-0.1, -0.05) is 24.3 Å². The molecule has 0 fully saturated rings. The fourth-order valence-corrected chi connectivity index (χ4v) is 11.5. The zero-order valence-electron chi connectivity index (χ0n) is 75.1. The Labute approximate surface area is 804 Å². The Bertz CT molecular complexity index is 4990. The second-order valence-corrected chi connectivity index (χ2v) is 28.9. The summed E-state index contributed by atoms with van der Waals surface area (Å²) in [6, 6.07) is 61.8. The van der Waals surface area contributed by atoms with Crippen molar-refractivity contribution in [3.8, 4) is 24.3 Å². The minimum absolute atomic E-state index is 0. The number of hydrogen-bond acceptors (Lipinski definition) is 40. The number of hydrogen-bond donors (Lipinski definition) is 4. The molecule has 46 heteroatoms. The summed E-state index contributed by atoms with van der Waals surface area (Å²) in [5.41, 5.74) is 11.9. The Hall–Kier alpha value is -11.1. The van der Waals surface area contributed by atoms with E-state index in [1.54, 1.807) is 49.1 Å². The molecule has 4 aromatic carbocycles. The van der Waals surface area contributed by atoms with Gasteiger partial charge in [-0.15, -0.1) is 41.0 Å². The van der Waals surface area contributed by atoms with E-state index in [0.717, 1.165) is 119 Å². The second kappa shape index (κ2) is 68.8. The monoisotopic (exact) mass is 2030 g/mol. The van der Waals surface area contributed by atoms with Crippen molar-refractivity contribution in [3.63, 3.8) is 0 Å². The maximum atomic E-state index is 12.3. The summed E-state index contributed by atoms with van der Waals surface area (Å²) in [5.74, 6) is 0. The van der Waals surface area contributed by atoms with E-state index in [0.29, 0.717) is 96.9 Å². The Morgan fingerprint density at radius 3 is 0.567 bits per heavy atom. The predicted molar refractivity (Wildman–Crippen MR) is 448 cm³/mol. The predicted octanol–water partition coefficient (Wildman–Crippen LogP) is -3.61. The van der Waals surface area contributed by atoms with Gasteiger partial charge in [-0.3, -0.25) is 19.9 Å². The van der Waals surface area contributed by atoms with Gasteiger partial charge >= 0.3 is 56.6 Å². The zero-order chi connectivity index (χ0) is 99.4. The van der Waals surface area contributed by atoms with E-state index in [9.17, 15) is 19.2 Å². The summed E-state index contributed by atoms with van der Waals surface area (Å²) < 4.78 is 158. The summed E-state index contributed by atoms with van der Waals surface area (Å²) >= 11 is 0. The van der Waals surface area contributed by atoms with Gasteiger partial charge in [-0.25, -0.2) is 93.7 Å². The van der Waals surface area contributed by atoms with Crippen molar-refractivity contribution >= 4 is 66.6 Å². The van der Waals surface area contributed by atoms with Crippen molar-refractivity contribution in [2.45, 2.75) is 135 Å². The third kappa shape index (κ3) is 55.5. The van der Waals surface area contributed by atoms with Crippen LogP contribution in [0.15, 0.2) is 231 Å². The molecule has 0 amide bonds. The van der Waals surface area contributed by atoms with Crippen LogP contribution in [0.2, 0.25) is 0 Å². The van der Waals surface area contributed by atoms with Gasteiger partial charge in [0.25, 0.3) is 0 Å². The van der Waals surface area contributed by atoms with E-state index in [2.05, 4.69) is 140 Å². The fourth-order valence-electron chi connectivity index (χ4n) is 11.5. The van der Waals surface area contributed by atoms with Gasteiger partial charge < -0.3 is 58.5 Å². The van der Waals surface area contributed by atoms with Crippen LogP contribution in [0, 0.1) is 86.3 Å². The van der Waals surface area contributed by atoms with Gasteiger partial charge in [-0.2, -0.15) is 21.0 Å². The van der Waals surface area contributed by atoms with E-state index in [1.165, 1.54) is 27.7 Å². The number of halogens is 4. The minimum Gasteiger partial charge on any atom is -0.422 e. The first-order valence-electron chi connectivity index (χ1n) is 39.9. The maximum Gasteiger partial charge on any atom is 2.00 e. The van der Waals surface area contributed by atoms with Crippen molar-refractivity contribution < 1.29 is 167 Å². The summed E-state index contributed by atoms with van der Waals surface area (Å²) in [7, 11) is -19.8. The number of fused-ring (bicyclic) bond motifs is 4. The molecule has 134 heavy (non-hydrogen) atoms. The van der Waals surface area contributed by atoms with E-state index in [-0.39, 0.29) is 56.6 Å². The molecule has 0 atom stereocenters. The number of rotatable bonds is 28. The van der Waals surface area contributed by atoms with Crippen molar-refractivity contribution in [2.75, 3.05) is 72.0 Å². The number of benzene rings is 4. The van der Waals surface area contributed by atoms with Crippen molar-refractivity contribution in [2.24, 2.45) is 0 Å². The number of anilines is 4. The topological polar surface area (TPSA) is 698 Å². The molecule has 0 saturated carbocycles. The van der Waals surface area contributed by atoms with E-state index >= 15 is 0 Å². The Kier molecular flexibility index (Phi) is 64.1. The third-order valence-electron chi connectivity index (χ3n) is 17.1. The van der Waals surface area contributed by atoms with Crippen molar-refractivity contribution in [1.82, 2.24) is 41.2 Å². The van der Waals surface area contributed by atoms with E-state index < -0.39 is 41.0 Å². The van der Waals surface area contributed by atoms with Crippen molar-refractivity contribution in [3.05, 3.63) is 281 Å². The van der Waals surface area contributed by atoms with Gasteiger partial charge in [-0.05, 0) is 177 Å². The molecule has 40 nitrogen and oxygen atoms in total. The normalized spacial score (nSPS) is 10.2. The van der Waals surface area contributed by atoms with Crippen LogP contribution in [0.4, 0.5) is 22.7 Å². The number of nitriles is 4. The van der Waals surface area contributed by atoms with E-state index in [1.807, 2.05) is 146 Å². The molecule has 0 unspecified atom stereocenters. The quantitative estimate of drug-likeness (QED) is 0.0272. The van der Waals surface area contributed by atoms with Gasteiger partial charge in [0.15, 0.2) is 0 Å². The Morgan fingerprint density at radius 2 is 0.433 bits per heavy atom. The molecule has 4 N–H and O–H groups in total. The van der Waals surface area contributed by atoms with Crippen LogP contribution in [0.25, 0.3) is 43.9 Å². The van der Waals surface area contributed by atoms with Gasteiger partial charge in [0.05, 0.1) is 69.3 Å². The summed E-state index contributed by atoms with van der Waals surface area (Å²) in [6.07, 6.45) is 7.04. The molecule has 12 rings (SSSR count). The van der Waals surface area contributed by atoms with Crippen LogP contribution in [0.5, 0.6) is 0 Å². The van der Waals surface area contributed by atoms with Crippen LogP contribution in [-0.2, 0) is 86.5 Å². The van der Waals surface area contributed by atoms with Crippen LogP contribution < -0.4 is 138 Å². The minimum atomic E-state index is -4.94. The number of pyridine rings is 4. The van der Waals surface area contributed by atoms with Crippen molar-refractivity contribution in [1.29, 1.82) is 21.0 Å². The molecule has 0 bridgehead atoms. The zero-order valence-corrected chi connectivity index (χ0v) is 80.0. The molecule has 0 saturated heterocycles. The summed E-state index contributed by atoms with van der Waals surface area (Å²) in [5, 5.41) is 46.0. The average molecular weight is 2040 g/mol. The SMILES string of the molecule is CC#N.CC#N.CC#N.CC#N.CCN(CC)c1ccc2cc(CNCc3ccccn3)c(=O)oc2c1.CCN(CC)c1ccc2cc(CNCc3ccccn3)c(=O)oc2c1.CCN(CC)c1ccc2cc(CNCc3ccccn3)c(=O)oc2c1.CCN(CC)c1ccc2cc(CNCc3ccccn3)c(=O)oc2c1.[Cu+2].[Cu+2].[O-][Cl+3]([O-])([O-])[O-].[O-][Cl+3]([O-])([O-])[O-].[O-][Cl+3]([O-])([O-])[O-].[O-][Cl+3]([O-])([O-])[O-]. The third-order valence-corrected chi connectivity index (χ3v) is 17.1.